The van der Waals surface area contributed by atoms with E-state index in [1.165, 1.54) is 30.3 Å². The quantitative estimate of drug-likeness (QED) is 0.900. The predicted octanol–water partition coefficient (Wildman–Crippen LogP) is 4.60. The van der Waals surface area contributed by atoms with Crippen molar-refractivity contribution in [2.24, 2.45) is 0 Å². The molecule has 0 saturated heterocycles. The largest absolute Gasteiger partial charge is 0.573 e. The van der Waals surface area contributed by atoms with Gasteiger partial charge in [0.25, 0.3) is 0 Å². The first-order valence-electron chi connectivity index (χ1n) is 5.65. The third kappa shape index (κ3) is 3.88. The average Bonchev–Trinajstić information content (AvgIpc) is 2.37. The molecule has 0 radical (unpaired) electrons. The van der Waals surface area contributed by atoms with E-state index in [2.05, 4.69) is 4.74 Å². The van der Waals surface area contributed by atoms with Gasteiger partial charge in [-0.05, 0) is 35.9 Å². The highest BCUT2D eigenvalue weighted by Crippen LogP contribution is 2.32. The minimum Gasteiger partial charge on any atom is -0.478 e. The van der Waals surface area contributed by atoms with Crippen LogP contribution in [0, 0.1) is 0 Å². The minimum atomic E-state index is -4.80. The van der Waals surface area contributed by atoms with Crippen molar-refractivity contribution in [3.8, 4) is 16.9 Å². The van der Waals surface area contributed by atoms with Crippen LogP contribution in [0.25, 0.3) is 11.1 Å². The summed E-state index contributed by atoms with van der Waals surface area (Å²) in [7, 11) is 0. The van der Waals surface area contributed by atoms with Crippen LogP contribution in [0.3, 0.4) is 0 Å². The lowest BCUT2D eigenvalue weighted by atomic mass is 10.0. The molecule has 1 N–H and O–H groups in total. The van der Waals surface area contributed by atoms with Crippen LogP contribution in [0.2, 0.25) is 5.02 Å². The molecule has 21 heavy (non-hydrogen) atoms. The van der Waals surface area contributed by atoms with E-state index in [0.717, 1.165) is 12.1 Å². The van der Waals surface area contributed by atoms with E-state index in [9.17, 15) is 18.0 Å². The summed E-state index contributed by atoms with van der Waals surface area (Å²) in [5, 5.41) is 9.16. The molecule has 2 rings (SSSR count). The van der Waals surface area contributed by atoms with E-state index < -0.39 is 18.1 Å². The Kier molecular flexibility index (Phi) is 4.09. The Morgan fingerprint density at radius 1 is 1.14 bits per heavy atom. The zero-order chi connectivity index (χ0) is 15.6. The number of aromatic carboxylic acids is 1. The number of halogens is 4. The van der Waals surface area contributed by atoms with E-state index in [-0.39, 0.29) is 10.6 Å². The lowest BCUT2D eigenvalue weighted by Crippen LogP contribution is -2.17. The van der Waals surface area contributed by atoms with E-state index in [1.807, 2.05) is 0 Å². The molecule has 0 spiro atoms. The van der Waals surface area contributed by atoms with Crippen LogP contribution in [-0.4, -0.2) is 17.4 Å². The number of alkyl halides is 3. The number of hydrogen-bond acceptors (Lipinski definition) is 2. The van der Waals surface area contributed by atoms with Gasteiger partial charge in [-0.1, -0.05) is 23.7 Å². The first-order chi connectivity index (χ1) is 9.76. The Balaban J connectivity index is 2.45. The van der Waals surface area contributed by atoms with Gasteiger partial charge in [0.2, 0.25) is 0 Å². The molecule has 0 aliphatic rings. The number of carboxylic acid groups (broad SMARTS) is 1. The van der Waals surface area contributed by atoms with Crippen molar-refractivity contribution in [2.45, 2.75) is 6.36 Å². The van der Waals surface area contributed by atoms with Crippen LogP contribution in [-0.2, 0) is 0 Å². The van der Waals surface area contributed by atoms with Crippen molar-refractivity contribution in [1.82, 2.24) is 0 Å². The third-order valence-electron chi connectivity index (χ3n) is 2.59. The smallest absolute Gasteiger partial charge is 0.478 e. The summed E-state index contributed by atoms with van der Waals surface area (Å²) in [4.78, 5) is 10.9. The van der Waals surface area contributed by atoms with Gasteiger partial charge >= 0.3 is 12.3 Å². The summed E-state index contributed by atoms with van der Waals surface area (Å²) in [6.07, 6.45) is -4.80. The fourth-order valence-corrected chi connectivity index (χ4v) is 1.97. The van der Waals surface area contributed by atoms with Crippen molar-refractivity contribution in [3.05, 3.63) is 53.1 Å². The zero-order valence-electron chi connectivity index (χ0n) is 10.3. The number of rotatable bonds is 3. The maximum atomic E-state index is 12.2. The van der Waals surface area contributed by atoms with E-state index >= 15 is 0 Å². The number of hydrogen-bond donors (Lipinski definition) is 1. The van der Waals surface area contributed by atoms with Crippen molar-refractivity contribution < 1.29 is 27.8 Å². The number of ether oxygens (including phenoxy) is 1. The second-order valence-corrected chi connectivity index (χ2v) is 4.48. The molecule has 0 amide bonds. The Hall–Kier alpha value is -2.21. The molecular weight excluding hydrogens is 309 g/mol. The summed E-state index contributed by atoms with van der Waals surface area (Å²) in [5.41, 5.74) is 0.616. The Bertz CT molecular complexity index is 683. The highest BCUT2D eigenvalue weighted by atomic mass is 35.5. The van der Waals surface area contributed by atoms with E-state index in [4.69, 9.17) is 16.7 Å². The molecule has 0 atom stereocenters. The molecule has 0 saturated carbocycles. The third-order valence-corrected chi connectivity index (χ3v) is 2.92. The summed E-state index contributed by atoms with van der Waals surface area (Å²) in [5.74, 6) is -1.56. The molecule has 0 heterocycles. The molecule has 3 nitrogen and oxygen atoms in total. The van der Waals surface area contributed by atoms with Gasteiger partial charge < -0.3 is 9.84 Å². The van der Waals surface area contributed by atoms with E-state index in [0.29, 0.717) is 11.1 Å². The number of benzene rings is 2. The standard InChI is InChI=1S/C14H8ClF3O3/c15-12-5-4-9(13(19)20)7-11(12)8-2-1-3-10(6-8)21-14(16,17)18/h1-7H,(H,19,20). The van der Waals surface area contributed by atoms with Crippen LogP contribution in [0.5, 0.6) is 5.75 Å². The first-order valence-corrected chi connectivity index (χ1v) is 6.03. The molecule has 0 aliphatic heterocycles. The molecule has 2 aromatic rings. The molecule has 0 fully saturated rings. The Morgan fingerprint density at radius 2 is 1.86 bits per heavy atom. The van der Waals surface area contributed by atoms with Crippen LogP contribution in [0.4, 0.5) is 13.2 Å². The summed E-state index contributed by atoms with van der Waals surface area (Å²) < 4.78 is 40.4. The van der Waals surface area contributed by atoms with Crippen molar-refractivity contribution >= 4 is 17.6 Å². The normalized spacial score (nSPS) is 11.2. The first kappa shape index (κ1) is 15.2. The number of carboxylic acids is 1. The summed E-state index contributed by atoms with van der Waals surface area (Å²) in [6, 6.07) is 9.13. The Morgan fingerprint density at radius 3 is 2.48 bits per heavy atom. The number of carbonyl (C=O) groups is 1. The maximum absolute atomic E-state index is 12.2. The maximum Gasteiger partial charge on any atom is 0.573 e. The van der Waals surface area contributed by atoms with Gasteiger partial charge in [-0.25, -0.2) is 4.79 Å². The van der Waals surface area contributed by atoms with Gasteiger partial charge in [0, 0.05) is 10.6 Å². The Labute approximate surface area is 122 Å². The molecule has 2 aromatic carbocycles. The minimum absolute atomic E-state index is 0.0171. The lowest BCUT2D eigenvalue weighted by molar-refractivity contribution is -0.274. The molecule has 0 aromatic heterocycles. The van der Waals surface area contributed by atoms with Crippen LogP contribution in [0.15, 0.2) is 42.5 Å². The van der Waals surface area contributed by atoms with Gasteiger partial charge in [-0.15, -0.1) is 13.2 Å². The molecule has 0 aliphatic carbocycles. The predicted molar refractivity (Wildman–Crippen MR) is 70.5 cm³/mol. The zero-order valence-corrected chi connectivity index (χ0v) is 11.1. The lowest BCUT2D eigenvalue weighted by Gasteiger charge is -2.11. The fourth-order valence-electron chi connectivity index (χ4n) is 1.74. The monoisotopic (exact) mass is 316 g/mol. The summed E-state index contributed by atoms with van der Waals surface area (Å²) >= 11 is 5.96. The van der Waals surface area contributed by atoms with Gasteiger partial charge in [0.1, 0.15) is 5.75 Å². The highest BCUT2D eigenvalue weighted by molar-refractivity contribution is 6.33. The van der Waals surface area contributed by atoms with Crippen LogP contribution >= 0.6 is 11.6 Å². The molecule has 0 bridgehead atoms. The molecular formula is C14H8ClF3O3. The molecule has 0 unspecified atom stereocenters. The average molecular weight is 317 g/mol. The van der Waals surface area contributed by atoms with E-state index in [1.54, 1.807) is 0 Å². The van der Waals surface area contributed by atoms with Gasteiger partial charge in [-0.2, -0.15) is 0 Å². The second kappa shape index (κ2) is 5.65. The summed E-state index contributed by atoms with van der Waals surface area (Å²) in [6.45, 7) is 0. The second-order valence-electron chi connectivity index (χ2n) is 4.08. The fraction of sp³-hybridized carbons (Fsp3) is 0.0714. The van der Waals surface area contributed by atoms with Gasteiger partial charge in [0.15, 0.2) is 0 Å². The van der Waals surface area contributed by atoms with Gasteiger partial charge in [-0.3, -0.25) is 0 Å². The molecule has 7 heteroatoms. The highest BCUT2D eigenvalue weighted by Gasteiger charge is 2.31. The van der Waals surface area contributed by atoms with Crippen LogP contribution < -0.4 is 4.74 Å². The van der Waals surface area contributed by atoms with Crippen molar-refractivity contribution in [2.75, 3.05) is 0 Å². The SMILES string of the molecule is O=C(O)c1ccc(Cl)c(-c2cccc(OC(F)(F)F)c2)c1. The van der Waals surface area contributed by atoms with Crippen molar-refractivity contribution in [1.29, 1.82) is 0 Å². The topological polar surface area (TPSA) is 46.5 Å². The van der Waals surface area contributed by atoms with Gasteiger partial charge in [0.05, 0.1) is 5.56 Å². The van der Waals surface area contributed by atoms with Crippen molar-refractivity contribution in [3.63, 3.8) is 0 Å². The van der Waals surface area contributed by atoms with Crippen LogP contribution in [0.1, 0.15) is 10.4 Å². The molecule has 110 valence electrons.